The van der Waals surface area contributed by atoms with E-state index >= 15 is 0 Å². The highest BCUT2D eigenvalue weighted by atomic mass is 79.9. The second-order valence-corrected chi connectivity index (χ2v) is 6.39. The van der Waals surface area contributed by atoms with E-state index in [0.717, 1.165) is 28.0 Å². The zero-order chi connectivity index (χ0) is 15.4. The number of rotatable bonds is 5. The third kappa shape index (κ3) is 4.27. The van der Waals surface area contributed by atoms with Crippen molar-refractivity contribution in [2.45, 2.75) is 19.5 Å². The van der Waals surface area contributed by atoms with Crippen molar-refractivity contribution in [3.05, 3.63) is 62.8 Å². The largest absolute Gasteiger partial charge is 0.329 e. The zero-order valence-corrected chi connectivity index (χ0v) is 14.5. The van der Waals surface area contributed by atoms with Crippen molar-refractivity contribution in [2.75, 3.05) is 13.6 Å². The van der Waals surface area contributed by atoms with Crippen LogP contribution in [0, 0.1) is 6.92 Å². The van der Waals surface area contributed by atoms with Crippen molar-refractivity contribution in [3.8, 4) is 0 Å². The van der Waals surface area contributed by atoms with Crippen molar-refractivity contribution in [2.24, 2.45) is 5.73 Å². The lowest BCUT2D eigenvalue weighted by Gasteiger charge is -2.28. The van der Waals surface area contributed by atoms with Crippen LogP contribution >= 0.6 is 27.5 Å². The first-order chi connectivity index (χ1) is 10.0. The maximum Gasteiger partial charge on any atom is 0.0547 e. The van der Waals surface area contributed by atoms with Gasteiger partial charge in [-0.25, -0.2) is 0 Å². The zero-order valence-electron chi connectivity index (χ0n) is 12.2. The molecule has 0 amide bonds. The second kappa shape index (κ2) is 7.36. The van der Waals surface area contributed by atoms with Crippen LogP contribution in [0.3, 0.4) is 0 Å². The molecule has 1 heterocycles. The summed E-state index contributed by atoms with van der Waals surface area (Å²) in [5.41, 5.74) is 9.14. The number of halogens is 2. The molecule has 1 unspecified atom stereocenters. The number of nitrogens with two attached hydrogens (primary N) is 1. The molecule has 0 fully saturated rings. The third-order valence-electron chi connectivity index (χ3n) is 3.43. The van der Waals surface area contributed by atoms with Gasteiger partial charge in [0.2, 0.25) is 0 Å². The minimum absolute atomic E-state index is 0.0837. The number of aryl methyl sites for hydroxylation is 1. The molecule has 1 aromatic heterocycles. The minimum atomic E-state index is 0.0837. The van der Waals surface area contributed by atoms with E-state index in [1.807, 2.05) is 43.3 Å². The number of aromatic nitrogens is 1. The maximum absolute atomic E-state index is 6.11. The van der Waals surface area contributed by atoms with Gasteiger partial charge in [-0.2, -0.15) is 0 Å². The molecule has 0 aliphatic heterocycles. The number of likely N-dealkylation sites (N-methyl/N-ethyl adjacent to an activating group) is 1. The van der Waals surface area contributed by atoms with Crippen LogP contribution in [-0.2, 0) is 6.54 Å². The van der Waals surface area contributed by atoms with Crippen LogP contribution in [0.25, 0.3) is 0 Å². The normalized spacial score (nSPS) is 12.7. The van der Waals surface area contributed by atoms with Gasteiger partial charge in [0.05, 0.1) is 5.69 Å². The average Bonchev–Trinajstić information content (AvgIpc) is 2.43. The summed E-state index contributed by atoms with van der Waals surface area (Å²) in [5.74, 6) is 0. The van der Waals surface area contributed by atoms with Crippen molar-refractivity contribution in [3.63, 3.8) is 0 Å². The van der Waals surface area contributed by atoms with Crippen molar-refractivity contribution >= 4 is 27.5 Å². The predicted molar refractivity (Wildman–Crippen MR) is 91.4 cm³/mol. The van der Waals surface area contributed by atoms with Crippen LogP contribution in [-0.4, -0.2) is 23.5 Å². The Morgan fingerprint density at radius 3 is 2.76 bits per heavy atom. The highest BCUT2D eigenvalue weighted by Crippen LogP contribution is 2.29. The summed E-state index contributed by atoms with van der Waals surface area (Å²) in [7, 11) is 2.05. The van der Waals surface area contributed by atoms with Gasteiger partial charge >= 0.3 is 0 Å². The Morgan fingerprint density at radius 1 is 1.33 bits per heavy atom. The van der Waals surface area contributed by atoms with E-state index in [9.17, 15) is 0 Å². The molecule has 5 heteroatoms. The van der Waals surface area contributed by atoms with Gasteiger partial charge in [0, 0.05) is 34.3 Å². The van der Waals surface area contributed by atoms with Crippen LogP contribution < -0.4 is 5.73 Å². The first-order valence-corrected chi connectivity index (χ1v) is 7.96. The number of hydrogen-bond acceptors (Lipinski definition) is 3. The molecule has 0 saturated carbocycles. The Labute approximate surface area is 139 Å². The summed E-state index contributed by atoms with van der Waals surface area (Å²) >= 11 is 9.69. The van der Waals surface area contributed by atoms with Crippen LogP contribution in [0.4, 0.5) is 0 Å². The standard InChI is InChI=1S/C16H19BrClN3/c1-11-4-3-5-13(20-11)10-21(2)16(9-19)14-8-12(18)6-7-15(14)17/h3-8,16H,9-10,19H2,1-2H3. The first-order valence-electron chi connectivity index (χ1n) is 6.79. The van der Waals surface area contributed by atoms with Gasteiger partial charge in [0.15, 0.2) is 0 Å². The molecule has 1 atom stereocenters. The maximum atomic E-state index is 6.11. The van der Waals surface area contributed by atoms with E-state index in [0.29, 0.717) is 11.6 Å². The van der Waals surface area contributed by atoms with Crippen LogP contribution in [0.5, 0.6) is 0 Å². The molecule has 0 spiro atoms. The van der Waals surface area contributed by atoms with E-state index < -0.39 is 0 Å². The number of benzene rings is 1. The number of hydrogen-bond donors (Lipinski definition) is 1. The van der Waals surface area contributed by atoms with E-state index in [1.165, 1.54) is 0 Å². The topological polar surface area (TPSA) is 42.1 Å². The fraction of sp³-hybridized carbons (Fsp3) is 0.312. The number of pyridine rings is 1. The molecule has 3 nitrogen and oxygen atoms in total. The molecule has 0 radical (unpaired) electrons. The summed E-state index contributed by atoms with van der Waals surface area (Å²) in [4.78, 5) is 6.74. The molecular weight excluding hydrogens is 350 g/mol. The number of nitrogens with zero attached hydrogens (tertiary/aromatic N) is 2. The Bertz CT molecular complexity index is 618. The van der Waals surface area contributed by atoms with E-state index in [4.69, 9.17) is 17.3 Å². The molecule has 0 aliphatic carbocycles. The van der Waals surface area contributed by atoms with E-state index in [2.05, 4.69) is 32.9 Å². The van der Waals surface area contributed by atoms with Gasteiger partial charge < -0.3 is 5.73 Å². The molecule has 0 saturated heterocycles. The minimum Gasteiger partial charge on any atom is -0.329 e. The van der Waals surface area contributed by atoms with Crippen LogP contribution in [0.2, 0.25) is 5.02 Å². The molecule has 0 bridgehead atoms. The Morgan fingerprint density at radius 2 is 2.10 bits per heavy atom. The van der Waals surface area contributed by atoms with E-state index in [-0.39, 0.29) is 6.04 Å². The van der Waals surface area contributed by atoms with Crippen molar-refractivity contribution in [1.29, 1.82) is 0 Å². The molecule has 21 heavy (non-hydrogen) atoms. The summed E-state index contributed by atoms with van der Waals surface area (Å²) in [5, 5.41) is 0.716. The lowest BCUT2D eigenvalue weighted by atomic mass is 10.1. The summed E-state index contributed by atoms with van der Waals surface area (Å²) in [6, 6.07) is 11.9. The van der Waals surface area contributed by atoms with Gasteiger partial charge in [-0.15, -0.1) is 0 Å². The summed E-state index contributed by atoms with van der Waals surface area (Å²) in [6.45, 7) is 3.25. The SMILES string of the molecule is Cc1cccc(CN(C)C(CN)c2cc(Cl)ccc2Br)n1. The smallest absolute Gasteiger partial charge is 0.0547 e. The van der Waals surface area contributed by atoms with Crippen LogP contribution in [0.1, 0.15) is 23.0 Å². The highest BCUT2D eigenvalue weighted by molar-refractivity contribution is 9.10. The average molecular weight is 369 g/mol. The quantitative estimate of drug-likeness (QED) is 0.869. The lowest BCUT2D eigenvalue weighted by Crippen LogP contribution is -2.30. The highest BCUT2D eigenvalue weighted by Gasteiger charge is 2.19. The van der Waals surface area contributed by atoms with E-state index in [1.54, 1.807) is 0 Å². The monoisotopic (exact) mass is 367 g/mol. The Balaban J connectivity index is 2.22. The molecule has 2 N–H and O–H groups in total. The van der Waals surface area contributed by atoms with Gasteiger partial charge in [0.25, 0.3) is 0 Å². The summed E-state index contributed by atoms with van der Waals surface area (Å²) < 4.78 is 1.02. The fourth-order valence-electron chi connectivity index (χ4n) is 2.37. The molecule has 1 aromatic carbocycles. The van der Waals surface area contributed by atoms with Crippen LogP contribution in [0.15, 0.2) is 40.9 Å². The van der Waals surface area contributed by atoms with Crippen molar-refractivity contribution < 1.29 is 0 Å². The van der Waals surface area contributed by atoms with Crippen molar-refractivity contribution in [1.82, 2.24) is 9.88 Å². The molecular formula is C16H19BrClN3. The van der Waals surface area contributed by atoms with Gasteiger partial charge in [-0.1, -0.05) is 33.6 Å². The lowest BCUT2D eigenvalue weighted by molar-refractivity contribution is 0.238. The molecule has 0 aliphatic rings. The van der Waals surface area contributed by atoms with Gasteiger partial charge in [0.1, 0.15) is 0 Å². The second-order valence-electron chi connectivity index (χ2n) is 5.10. The summed E-state index contributed by atoms with van der Waals surface area (Å²) in [6.07, 6.45) is 0. The molecule has 2 aromatic rings. The van der Waals surface area contributed by atoms with Gasteiger partial charge in [-0.05, 0) is 49.9 Å². The molecule has 112 valence electrons. The first kappa shape index (κ1) is 16.4. The Kier molecular flexibility index (Phi) is 5.76. The molecule has 2 rings (SSSR count). The van der Waals surface area contributed by atoms with Gasteiger partial charge in [-0.3, -0.25) is 9.88 Å². The fourth-order valence-corrected chi connectivity index (χ4v) is 3.06. The third-order valence-corrected chi connectivity index (χ3v) is 4.39. The predicted octanol–water partition coefficient (Wildman–Crippen LogP) is 3.94. The Hall–Kier alpha value is -0.940.